The largest absolute Gasteiger partial charge is 0.342 e. The molecule has 2 heterocycles. The topological polar surface area (TPSA) is 113 Å². The summed E-state index contributed by atoms with van der Waals surface area (Å²) in [4.78, 5) is 33.2. The third-order valence-electron chi connectivity index (χ3n) is 4.17. The molecule has 8 nitrogen and oxygen atoms in total. The van der Waals surface area contributed by atoms with Crippen LogP contribution in [0.2, 0.25) is 10.0 Å². The summed E-state index contributed by atoms with van der Waals surface area (Å²) in [5.74, 6) is 0.538. The lowest BCUT2D eigenvalue weighted by Crippen LogP contribution is -2.32. The van der Waals surface area contributed by atoms with E-state index in [1.807, 2.05) is 13.8 Å². The van der Waals surface area contributed by atoms with Gasteiger partial charge in [-0.2, -0.15) is 0 Å². The highest BCUT2D eigenvalue weighted by Crippen LogP contribution is 2.25. The standard InChI is InChI=1S/C20H20Cl2N6O2S/c1-11(2)17(25-19(30)13-7-6-12(21)9-14(13)22)18-26-20(28-27-18)31-10-16(29)24-15-5-3-4-8-23-15/h3-9,11,17H,10H2,1-2H3,(H,25,30)(H,23,24,29)(H,26,27,28)/t17-/m0/s1. The van der Waals surface area contributed by atoms with Crippen molar-refractivity contribution in [3.8, 4) is 0 Å². The summed E-state index contributed by atoms with van der Waals surface area (Å²) in [6, 6.07) is 9.52. The van der Waals surface area contributed by atoms with Crippen LogP contribution in [0.25, 0.3) is 0 Å². The highest BCUT2D eigenvalue weighted by molar-refractivity contribution is 7.99. The first-order valence-corrected chi connectivity index (χ1v) is 11.1. The Kier molecular flexibility index (Phi) is 7.89. The molecule has 3 N–H and O–H groups in total. The molecule has 0 fully saturated rings. The molecular weight excluding hydrogens is 459 g/mol. The number of rotatable bonds is 8. The molecule has 0 aliphatic heterocycles. The normalized spacial score (nSPS) is 11.9. The van der Waals surface area contributed by atoms with E-state index in [0.717, 1.165) is 0 Å². The number of benzene rings is 1. The Balaban J connectivity index is 1.62. The van der Waals surface area contributed by atoms with Crippen LogP contribution >= 0.6 is 35.0 Å². The summed E-state index contributed by atoms with van der Waals surface area (Å²) in [5, 5.41) is 13.7. The molecule has 11 heteroatoms. The first-order valence-electron chi connectivity index (χ1n) is 9.35. The summed E-state index contributed by atoms with van der Waals surface area (Å²) in [6.45, 7) is 3.90. The Labute approximate surface area is 193 Å². The van der Waals surface area contributed by atoms with Crippen LogP contribution in [0, 0.1) is 5.92 Å². The van der Waals surface area contributed by atoms with E-state index in [4.69, 9.17) is 23.2 Å². The molecule has 0 saturated carbocycles. The van der Waals surface area contributed by atoms with Crippen molar-refractivity contribution in [2.45, 2.75) is 25.0 Å². The van der Waals surface area contributed by atoms with E-state index >= 15 is 0 Å². The predicted molar refractivity (Wildman–Crippen MR) is 121 cm³/mol. The Morgan fingerprint density at radius 3 is 2.68 bits per heavy atom. The average molecular weight is 479 g/mol. The molecule has 0 bridgehead atoms. The minimum Gasteiger partial charge on any atom is -0.342 e. The van der Waals surface area contributed by atoms with Crippen LogP contribution in [-0.4, -0.2) is 37.7 Å². The van der Waals surface area contributed by atoms with Gasteiger partial charge in [0.15, 0.2) is 0 Å². The number of hydrogen-bond donors (Lipinski definition) is 3. The number of pyridine rings is 1. The molecule has 1 aromatic carbocycles. The molecule has 3 aromatic rings. The molecule has 1 atom stereocenters. The number of aromatic nitrogens is 4. The summed E-state index contributed by atoms with van der Waals surface area (Å²) in [5.41, 5.74) is 0.317. The summed E-state index contributed by atoms with van der Waals surface area (Å²) in [6.07, 6.45) is 1.60. The molecule has 3 rings (SSSR count). The number of anilines is 1. The van der Waals surface area contributed by atoms with E-state index in [1.165, 1.54) is 17.8 Å². The molecule has 0 spiro atoms. The summed E-state index contributed by atoms with van der Waals surface area (Å²) < 4.78 is 0. The second-order valence-electron chi connectivity index (χ2n) is 6.87. The van der Waals surface area contributed by atoms with Crippen LogP contribution < -0.4 is 10.6 Å². The number of nitrogens with one attached hydrogen (secondary N) is 3. The molecule has 162 valence electrons. The quantitative estimate of drug-likeness (QED) is 0.414. The van der Waals surface area contributed by atoms with Crippen LogP contribution in [0.15, 0.2) is 47.8 Å². The van der Waals surface area contributed by atoms with Gasteiger partial charge in [0.1, 0.15) is 11.6 Å². The molecule has 2 aromatic heterocycles. The smallest absolute Gasteiger partial charge is 0.253 e. The summed E-state index contributed by atoms with van der Waals surface area (Å²) in [7, 11) is 0. The van der Waals surface area contributed by atoms with Crippen LogP contribution in [0.5, 0.6) is 0 Å². The predicted octanol–water partition coefficient (Wildman–Crippen LogP) is 4.36. The zero-order valence-corrected chi connectivity index (χ0v) is 19.1. The first kappa shape index (κ1) is 23.1. The van der Waals surface area contributed by atoms with Gasteiger partial charge >= 0.3 is 0 Å². The van der Waals surface area contributed by atoms with Gasteiger partial charge in [-0.25, -0.2) is 9.97 Å². The van der Waals surface area contributed by atoms with Crippen molar-refractivity contribution in [3.63, 3.8) is 0 Å². The maximum atomic E-state index is 12.7. The number of thioether (sulfide) groups is 1. The maximum Gasteiger partial charge on any atom is 0.253 e. The lowest BCUT2D eigenvalue weighted by molar-refractivity contribution is -0.113. The SMILES string of the molecule is CC(C)[C@H](NC(=O)c1ccc(Cl)cc1Cl)c1nc(SCC(=O)Nc2ccccn2)n[nH]1. The number of H-pyrrole nitrogens is 1. The highest BCUT2D eigenvalue weighted by Gasteiger charge is 2.24. The van der Waals surface area contributed by atoms with Crippen LogP contribution in [0.4, 0.5) is 5.82 Å². The van der Waals surface area contributed by atoms with Crippen LogP contribution in [0.3, 0.4) is 0 Å². The number of carbonyl (C=O) groups is 2. The molecule has 0 saturated heterocycles. The zero-order chi connectivity index (χ0) is 22.4. The van der Waals surface area contributed by atoms with E-state index in [-0.39, 0.29) is 28.5 Å². The molecular formula is C20H20Cl2N6O2S. The number of amides is 2. The monoisotopic (exact) mass is 478 g/mol. The number of nitrogens with zero attached hydrogens (tertiary/aromatic N) is 3. The van der Waals surface area contributed by atoms with Crippen LogP contribution in [-0.2, 0) is 4.79 Å². The van der Waals surface area contributed by atoms with Gasteiger partial charge in [0.2, 0.25) is 11.1 Å². The van der Waals surface area contributed by atoms with Crippen molar-refractivity contribution in [2.24, 2.45) is 5.92 Å². The number of carbonyl (C=O) groups excluding carboxylic acids is 2. The van der Waals surface area contributed by atoms with Crippen molar-refractivity contribution in [3.05, 3.63) is 64.0 Å². The van der Waals surface area contributed by atoms with Gasteiger partial charge in [-0.05, 0) is 36.2 Å². The van der Waals surface area contributed by atoms with Crippen molar-refractivity contribution in [1.82, 2.24) is 25.5 Å². The second-order valence-corrected chi connectivity index (χ2v) is 8.66. The molecule has 31 heavy (non-hydrogen) atoms. The summed E-state index contributed by atoms with van der Waals surface area (Å²) >= 11 is 13.2. The number of hydrogen-bond acceptors (Lipinski definition) is 6. The van der Waals surface area contributed by atoms with Crippen molar-refractivity contribution in [1.29, 1.82) is 0 Å². The number of halogens is 2. The molecule has 0 aliphatic carbocycles. The molecule has 0 unspecified atom stereocenters. The van der Waals surface area contributed by atoms with E-state index in [9.17, 15) is 9.59 Å². The molecule has 0 aliphatic rings. The van der Waals surface area contributed by atoms with E-state index in [2.05, 4.69) is 30.8 Å². The van der Waals surface area contributed by atoms with Gasteiger partial charge in [0.05, 0.1) is 22.4 Å². The molecule has 0 radical (unpaired) electrons. The minimum absolute atomic E-state index is 0.0216. The third-order valence-corrected chi connectivity index (χ3v) is 5.57. The highest BCUT2D eigenvalue weighted by atomic mass is 35.5. The van der Waals surface area contributed by atoms with Crippen molar-refractivity contribution >= 4 is 52.6 Å². The van der Waals surface area contributed by atoms with Gasteiger partial charge in [0.25, 0.3) is 5.91 Å². The van der Waals surface area contributed by atoms with Gasteiger partial charge in [-0.15, -0.1) is 5.10 Å². The Morgan fingerprint density at radius 1 is 1.19 bits per heavy atom. The van der Waals surface area contributed by atoms with Crippen LogP contribution in [0.1, 0.15) is 36.1 Å². The van der Waals surface area contributed by atoms with E-state index < -0.39 is 6.04 Å². The lowest BCUT2D eigenvalue weighted by Gasteiger charge is -2.20. The van der Waals surface area contributed by atoms with E-state index in [0.29, 0.717) is 27.4 Å². The third kappa shape index (κ3) is 6.43. The second kappa shape index (κ2) is 10.6. The minimum atomic E-state index is -0.427. The van der Waals surface area contributed by atoms with Gasteiger partial charge in [0, 0.05) is 11.2 Å². The lowest BCUT2D eigenvalue weighted by atomic mass is 10.0. The first-order chi connectivity index (χ1) is 14.8. The fraction of sp³-hybridized carbons (Fsp3) is 0.250. The van der Waals surface area contributed by atoms with Gasteiger partial charge in [-0.3, -0.25) is 14.7 Å². The Hall–Kier alpha value is -2.62. The molecule has 2 amide bonds. The van der Waals surface area contributed by atoms with Gasteiger partial charge < -0.3 is 10.6 Å². The van der Waals surface area contributed by atoms with Crippen molar-refractivity contribution < 1.29 is 9.59 Å². The zero-order valence-electron chi connectivity index (χ0n) is 16.7. The fourth-order valence-electron chi connectivity index (χ4n) is 2.65. The van der Waals surface area contributed by atoms with Gasteiger partial charge in [-0.1, -0.05) is 54.9 Å². The van der Waals surface area contributed by atoms with Crippen molar-refractivity contribution in [2.75, 3.05) is 11.1 Å². The maximum absolute atomic E-state index is 12.7. The average Bonchev–Trinajstić information content (AvgIpc) is 3.19. The fourth-order valence-corrected chi connectivity index (χ4v) is 3.75. The Bertz CT molecular complexity index is 1060. The number of aromatic amines is 1. The van der Waals surface area contributed by atoms with E-state index in [1.54, 1.807) is 36.5 Å². The Morgan fingerprint density at radius 2 is 2.00 bits per heavy atom.